The lowest BCUT2D eigenvalue weighted by molar-refractivity contribution is -0.140. The Hall–Kier alpha value is -6.04. The Morgan fingerprint density at radius 3 is 0.960 bits per heavy atom. The summed E-state index contributed by atoms with van der Waals surface area (Å²) in [5.74, 6) is -2.98. The van der Waals surface area contributed by atoms with Crippen molar-refractivity contribution in [1.29, 1.82) is 0 Å². The van der Waals surface area contributed by atoms with Crippen molar-refractivity contribution in [2.75, 3.05) is 26.4 Å². The fraction of sp³-hybridized carbons (Fsp3) is 0.263. The van der Waals surface area contributed by atoms with Crippen LogP contribution in [0.1, 0.15) is 81.0 Å². The molecule has 12 nitrogen and oxygen atoms in total. The molecule has 0 spiro atoms. The summed E-state index contributed by atoms with van der Waals surface area (Å²) in [6, 6.07) is 17.3. The standard InChI is InChI=1S/C38H38O12/c1-25(2)33(39)45-21-5-7-23-47-35(41)27-9-13-29(14-10-27)37(43)49-31-17-19-32(20-18-31)50-38(44)30-15-11-28(12-16-30)36(42)48-24-8-6-22-46-34(40)26(3)4/h9-20H,1,3,5-8,21-24H2,2,4H3. The zero-order valence-corrected chi connectivity index (χ0v) is 27.9. The molecule has 0 atom stereocenters. The van der Waals surface area contributed by atoms with E-state index in [1.54, 1.807) is 13.8 Å². The van der Waals surface area contributed by atoms with Gasteiger partial charge in [-0.2, -0.15) is 0 Å². The number of hydrogen-bond donors (Lipinski definition) is 0. The van der Waals surface area contributed by atoms with Gasteiger partial charge in [0, 0.05) is 11.1 Å². The third-order valence-electron chi connectivity index (χ3n) is 6.66. The van der Waals surface area contributed by atoms with Crippen molar-refractivity contribution in [3.05, 3.63) is 119 Å². The molecule has 0 aromatic heterocycles. The van der Waals surface area contributed by atoms with Crippen LogP contribution in [0.25, 0.3) is 0 Å². The molecule has 12 heteroatoms. The summed E-state index contributed by atoms with van der Waals surface area (Å²) in [6.45, 7) is 10.8. The zero-order valence-electron chi connectivity index (χ0n) is 27.9. The van der Waals surface area contributed by atoms with Gasteiger partial charge in [-0.25, -0.2) is 28.8 Å². The summed E-state index contributed by atoms with van der Waals surface area (Å²) in [5.41, 5.74) is 1.54. The maximum Gasteiger partial charge on any atom is 0.343 e. The molecule has 3 aromatic rings. The highest BCUT2D eigenvalue weighted by Gasteiger charge is 2.15. The summed E-state index contributed by atoms with van der Waals surface area (Å²) >= 11 is 0. The highest BCUT2D eigenvalue weighted by Crippen LogP contribution is 2.20. The van der Waals surface area contributed by atoms with Crippen molar-refractivity contribution in [3.8, 4) is 11.5 Å². The molecule has 0 saturated carbocycles. The van der Waals surface area contributed by atoms with Gasteiger partial charge >= 0.3 is 35.8 Å². The van der Waals surface area contributed by atoms with Crippen LogP contribution in [0.5, 0.6) is 11.5 Å². The second kappa shape index (κ2) is 19.7. The summed E-state index contributed by atoms with van der Waals surface area (Å²) < 4.78 is 31.1. The first-order chi connectivity index (χ1) is 23.9. The molecule has 0 aliphatic heterocycles. The average Bonchev–Trinajstić information content (AvgIpc) is 3.11. The van der Waals surface area contributed by atoms with Gasteiger partial charge in [-0.1, -0.05) is 13.2 Å². The zero-order chi connectivity index (χ0) is 36.5. The van der Waals surface area contributed by atoms with Gasteiger partial charge in [0.15, 0.2) is 0 Å². The number of esters is 6. The molecule has 50 heavy (non-hydrogen) atoms. The van der Waals surface area contributed by atoms with Crippen LogP contribution < -0.4 is 9.47 Å². The van der Waals surface area contributed by atoms with Gasteiger partial charge in [-0.3, -0.25) is 0 Å². The fourth-order valence-corrected chi connectivity index (χ4v) is 3.87. The van der Waals surface area contributed by atoms with E-state index in [1.165, 1.54) is 72.8 Å². The first kappa shape index (κ1) is 38.4. The van der Waals surface area contributed by atoms with E-state index in [2.05, 4.69) is 13.2 Å². The highest BCUT2D eigenvalue weighted by molar-refractivity contribution is 5.95. The molecule has 0 amide bonds. The molecule has 3 aromatic carbocycles. The SMILES string of the molecule is C=C(C)C(=O)OCCCCOC(=O)c1ccc(C(=O)Oc2ccc(OC(=O)c3ccc(C(=O)OCCCCOC(=O)C(=C)C)cc3)cc2)cc1. The normalized spacial score (nSPS) is 10.3. The lowest BCUT2D eigenvalue weighted by Crippen LogP contribution is -2.11. The second-order valence-corrected chi connectivity index (χ2v) is 10.9. The molecule has 0 aliphatic rings. The molecule has 0 saturated heterocycles. The number of benzene rings is 3. The first-order valence-electron chi connectivity index (χ1n) is 15.7. The molecule has 3 rings (SSSR count). The lowest BCUT2D eigenvalue weighted by atomic mass is 10.1. The van der Waals surface area contributed by atoms with Crippen LogP contribution in [0, 0.1) is 0 Å². The van der Waals surface area contributed by atoms with Gasteiger partial charge in [0.05, 0.1) is 48.7 Å². The van der Waals surface area contributed by atoms with Crippen molar-refractivity contribution in [1.82, 2.24) is 0 Å². The minimum atomic E-state index is -0.665. The second-order valence-electron chi connectivity index (χ2n) is 10.9. The molecular formula is C38H38O12. The Balaban J connectivity index is 1.38. The Bertz CT molecular complexity index is 1560. The molecule has 0 radical (unpaired) electrons. The number of ether oxygens (including phenoxy) is 6. The molecule has 0 N–H and O–H groups in total. The number of carbonyl (C=O) groups is 6. The number of unbranched alkanes of at least 4 members (excludes halogenated alkanes) is 2. The fourth-order valence-electron chi connectivity index (χ4n) is 3.87. The maximum atomic E-state index is 12.6. The first-order valence-corrected chi connectivity index (χ1v) is 15.7. The number of rotatable bonds is 18. The van der Waals surface area contributed by atoms with E-state index in [-0.39, 0.29) is 60.2 Å². The van der Waals surface area contributed by atoms with Crippen molar-refractivity contribution in [2.24, 2.45) is 0 Å². The highest BCUT2D eigenvalue weighted by atomic mass is 16.6. The lowest BCUT2D eigenvalue weighted by Gasteiger charge is -2.08. The van der Waals surface area contributed by atoms with E-state index < -0.39 is 35.8 Å². The predicted octanol–water partition coefficient (Wildman–Crippen LogP) is 6.24. The summed E-state index contributed by atoms with van der Waals surface area (Å²) in [7, 11) is 0. The van der Waals surface area contributed by atoms with E-state index in [4.69, 9.17) is 28.4 Å². The third-order valence-corrected chi connectivity index (χ3v) is 6.66. The number of hydrogen-bond acceptors (Lipinski definition) is 12. The van der Waals surface area contributed by atoms with Crippen LogP contribution in [-0.4, -0.2) is 62.2 Å². The Kier molecular flexibility index (Phi) is 15.1. The molecule has 0 fully saturated rings. The van der Waals surface area contributed by atoms with Gasteiger partial charge in [-0.05, 0) is 112 Å². The molecular weight excluding hydrogens is 648 g/mol. The van der Waals surface area contributed by atoms with Crippen LogP contribution in [0.15, 0.2) is 97.1 Å². The Morgan fingerprint density at radius 2 is 0.680 bits per heavy atom. The van der Waals surface area contributed by atoms with Crippen LogP contribution >= 0.6 is 0 Å². The maximum absolute atomic E-state index is 12.6. The van der Waals surface area contributed by atoms with E-state index in [9.17, 15) is 28.8 Å². The van der Waals surface area contributed by atoms with Crippen LogP contribution in [0.3, 0.4) is 0 Å². The average molecular weight is 687 g/mol. The van der Waals surface area contributed by atoms with E-state index in [0.29, 0.717) is 36.8 Å². The Morgan fingerprint density at radius 1 is 0.420 bits per heavy atom. The van der Waals surface area contributed by atoms with Crippen molar-refractivity contribution < 1.29 is 57.2 Å². The van der Waals surface area contributed by atoms with E-state index >= 15 is 0 Å². The quantitative estimate of drug-likeness (QED) is 0.0489. The smallest absolute Gasteiger partial charge is 0.343 e. The summed E-state index contributed by atoms with van der Waals surface area (Å²) in [5, 5.41) is 0. The number of carbonyl (C=O) groups excluding carboxylic acids is 6. The molecule has 0 heterocycles. The van der Waals surface area contributed by atoms with Gasteiger partial charge < -0.3 is 28.4 Å². The molecule has 262 valence electrons. The van der Waals surface area contributed by atoms with Crippen LogP contribution in [0.2, 0.25) is 0 Å². The van der Waals surface area contributed by atoms with E-state index in [0.717, 1.165) is 0 Å². The van der Waals surface area contributed by atoms with Crippen molar-refractivity contribution in [2.45, 2.75) is 39.5 Å². The minimum Gasteiger partial charge on any atom is -0.462 e. The van der Waals surface area contributed by atoms with Gasteiger partial charge in [0.1, 0.15) is 11.5 Å². The summed E-state index contributed by atoms with van der Waals surface area (Å²) in [4.78, 5) is 72.4. The predicted molar refractivity (Wildman–Crippen MR) is 180 cm³/mol. The van der Waals surface area contributed by atoms with Crippen LogP contribution in [0.4, 0.5) is 0 Å². The molecule has 0 bridgehead atoms. The Labute approximate surface area is 289 Å². The largest absolute Gasteiger partial charge is 0.462 e. The van der Waals surface area contributed by atoms with E-state index in [1.807, 2.05) is 0 Å². The molecule has 0 unspecified atom stereocenters. The van der Waals surface area contributed by atoms with Gasteiger partial charge in [0.2, 0.25) is 0 Å². The third kappa shape index (κ3) is 12.9. The van der Waals surface area contributed by atoms with Gasteiger partial charge in [-0.15, -0.1) is 0 Å². The minimum absolute atomic E-state index is 0.141. The monoisotopic (exact) mass is 686 g/mol. The van der Waals surface area contributed by atoms with Crippen molar-refractivity contribution in [3.63, 3.8) is 0 Å². The topological polar surface area (TPSA) is 158 Å². The van der Waals surface area contributed by atoms with Gasteiger partial charge in [0.25, 0.3) is 0 Å². The van der Waals surface area contributed by atoms with Crippen LogP contribution in [-0.2, 0) is 28.5 Å². The van der Waals surface area contributed by atoms with Crippen molar-refractivity contribution >= 4 is 35.8 Å². The molecule has 0 aliphatic carbocycles. The summed E-state index contributed by atoms with van der Waals surface area (Å²) in [6.07, 6.45) is 2.06.